The Hall–Kier alpha value is -1.45. The number of rotatable bonds is 4. The van der Waals surface area contributed by atoms with Crippen molar-refractivity contribution in [3.63, 3.8) is 0 Å². The minimum absolute atomic E-state index is 0.307. The molecule has 122 valence electrons. The Morgan fingerprint density at radius 2 is 1.70 bits per heavy atom. The molecule has 0 heterocycles. The first-order chi connectivity index (χ1) is 11.2. The first-order valence-corrected chi connectivity index (χ1v) is 8.87. The van der Waals surface area contributed by atoms with Crippen molar-refractivity contribution in [1.29, 1.82) is 0 Å². The fourth-order valence-corrected chi connectivity index (χ4v) is 3.88. The van der Waals surface area contributed by atoms with Crippen LogP contribution in [-0.4, -0.2) is 13.2 Å². The van der Waals surface area contributed by atoms with E-state index in [2.05, 4.69) is 36.4 Å². The normalized spacial score (nSPS) is 22.6. The zero-order chi connectivity index (χ0) is 16.2. The Kier molecular flexibility index (Phi) is 5.29. The van der Waals surface area contributed by atoms with Gasteiger partial charge in [0.25, 0.3) is 0 Å². The number of methoxy groups -OCH3 is 1. The number of hydrogen-bond acceptors (Lipinski definition) is 3. The van der Waals surface area contributed by atoms with Gasteiger partial charge in [-0.05, 0) is 60.4 Å². The standard InChI is InChI=1S/C20H25NOS/c1-22-19-4-2-3-17(13-19)14-5-7-15(8-6-14)20(23)16-9-11-18(21)12-10-16/h2-8,13,16,18,20,23H,9-12,21H2,1H3. The van der Waals surface area contributed by atoms with E-state index in [4.69, 9.17) is 23.1 Å². The third-order valence-electron chi connectivity index (χ3n) is 4.92. The second-order valence-corrected chi connectivity index (χ2v) is 7.03. The first kappa shape index (κ1) is 16.4. The minimum Gasteiger partial charge on any atom is -0.497 e. The van der Waals surface area contributed by atoms with Crippen molar-refractivity contribution in [2.45, 2.75) is 37.0 Å². The van der Waals surface area contributed by atoms with E-state index < -0.39 is 0 Å². The summed E-state index contributed by atoms with van der Waals surface area (Å²) in [5, 5.41) is 0.307. The van der Waals surface area contributed by atoms with Crippen molar-refractivity contribution in [2.75, 3.05) is 7.11 Å². The zero-order valence-electron chi connectivity index (χ0n) is 13.6. The molecule has 2 aromatic rings. The van der Waals surface area contributed by atoms with Crippen LogP contribution < -0.4 is 10.5 Å². The predicted octanol–water partition coefficient (Wildman–Crippen LogP) is 4.85. The van der Waals surface area contributed by atoms with E-state index in [-0.39, 0.29) is 0 Å². The van der Waals surface area contributed by atoms with Gasteiger partial charge < -0.3 is 10.5 Å². The largest absolute Gasteiger partial charge is 0.497 e. The Bertz CT molecular complexity index is 632. The molecule has 1 saturated carbocycles. The van der Waals surface area contributed by atoms with E-state index >= 15 is 0 Å². The third kappa shape index (κ3) is 3.91. The van der Waals surface area contributed by atoms with Gasteiger partial charge in [0.1, 0.15) is 5.75 Å². The van der Waals surface area contributed by atoms with Gasteiger partial charge in [-0.3, -0.25) is 0 Å². The van der Waals surface area contributed by atoms with Crippen LogP contribution >= 0.6 is 12.6 Å². The van der Waals surface area contributed by atoms with Crippen molar-refractivity contribution in [1.82, 2.24) is 0 Å². The summed E-state index contributed by atoms with van der Waals surface area (Å²) < 4.78 is 5.30. The van der Waals surface area contributed by atoms with Crippen molar-refractivity contribution in [3.8, 4) is 16.9 Å². The van der Waals surface area contributed by atoms with Gasteiger partial charge in [0, 0.05) is 11.3 Å². The fourth-order valence-electron chi connectivity index (χ4n) is 3.41. The summed E-state index contributed by atoms with van der Waals surface area (Å²) >= 11 is 4.88. The van der Waals surface area contributed by atoms with Gasteiger partial charge >= 0.3 is 0 Å². The van der Waals surface area contributed by atoms with Crippen molar-refractivity contribution >= 4 is 12.6 Å². The van der Waals surface area contributed by atoms with Crippen LogP contribution in [0.3, 0.4) is 0 Å². The molecule has 1 fully saturated rings. The van der Waals surface area contributed by atoms with Gasteiger partial charge in [0.2, 0.25) is 0 Å². The summed E-state index contributed by atoms with van der Waals surface area (Å²) in [5.74, 6) is 1.53. The van der Waals surface area contributed by atoms with Crippen LogP contribution in [0.15, 0.2) is 48.5 Å². The number of nitrogens with two attached hydrogens (primary N) is 1. The van der Waals surface area contributed by atoms with Gasteiger partial charge in [0.05, 0.1) is 7.11 Å². The maximum atomic E-state index is 6.01. The van der Waals surface area contributed by atoms with E-state index in [1.807, 2.05) is 12.1 Å². The molecule has 0 saturated heterocycles. The van der Waals surface area contributed by atoms with Crippen LogP contribution in [0.1, 0.15) is 36.5 Å². The van der Waals surface area contributed by atoms with E-state index in [0.717, 1.165) is 18.6 Å². The Labute approximate surface area is 144 Å². The van der Waals surface area contributed by atoms with E-state index in [1.54, 1.807) is 7.11 Å². The molecule has 3 heteroatoms. The molecule has 0 radical (unpaired) electrons. The molecule has 0 aliphatic heterocycles. The molecular weight excluding hydrogens is 302 g/mol. The molecule has 1 aliphatic carbocycles. The zero-order valence-corrected chi connectivity index (χ0v) is 14.5. The molecule has 0 amide bonds. The van der Waals surface area contributed by atoms with Gasteiger partial charge in [0.15, 0.2) is 0 Å². The van der Waals surface area contributed by atoms with Crippen molar-refractivity contribution in [2.24, 2.45) is 11.7 Å². The Morgan fingerprint density at radius 3 is 2.35 bits per heavy atom. The van der Waals surface area contributed by atoms with E-state index in [1.165, 1.54) is 29.5 Å². The third-order valence-corrected chi connectivity index (χ3v) is 5.64. The Balaban J connectivity index is 1.73. The SMILES string of the molecule is COc1cccc(-c2ccc(C(S)C3CCC(N)CC3)cc2)c1. The van der Waals surface area contributed by atoms with Crippen molar-refractivity contribution in [3.05, 3.63) is 54.1 Å². The highest BCUT2D eigenvalue weighted by Crippen LogP contribution is 2.38. The summed E-state index contributed by atoms with van der Waals surface area (Å²) in [7, 11) is 1.70. The van der Waals surface area contributed by atoms with Crippen LogP contribution in [0.25, 0.3) is 11.1 Å². The molecule has 1 atom stereocenters. The highest BCUT2D eigenvalue weighted by atomic mass is 32.1. The van der Waals surface area contributed by atoms with Crippen LogP contribution in [0, 0.1) is 5.92 Å². The number of benzene rings is 2. The molecule has 0 bridgehead atoms. The maximum absolute atomic E-state index is 6.01. The molecule has 1 unspecified atom stereocenters. The summed E-state index contributed by atoms with van der Waals surface area (Å²) in [4.78, 5) is 0. The lowest BCUT2D eigenvalue weighted by Gasteiger charge is -2.30. The second-order valence-electron chi connectivity index (χ2n) is 6.47. The van der Waals surface area contributed by atoms with Crippen LogP contribution in [0.4, 0.5) is 0 Å². The smallest absolute Gasteiger partial charge is 0.119 e. The van der Waals surface area contributed by atoms with Crippen LogP contribution in [0.2, 0.25) is 0 Å². The van der Waals surface area contributed by atoms with E-state index in [9.17, 15) is 0 Å². The molecule has 2 nitrogen and oxygen atoms in total. The average molecular weight is 327 g/mol. The van der Waals surface area contributed by atoms with Gasteiger partial charge in [-0.15, -0.1) is 0 Å². The molecule has 3 rings (SSSR count). The van der Waals surface area contributed by atoms with E-state index in [0.29, 0.717) is 17.2 Å². The lowest BCUT2D eigenvalue weighted by atomic mass is 9.82. The monoisotopic (exact) mass is 327 g/mol. The topological polar surface area (TPSA) is 35.2 Å². The van der Waals surface area contributed by atoms with Gasteiger partial charge in [-0.1, -0.05) is 36.4 Å². The first-order valence-electron chi connectivity index (χ1n) is 8.35. The minimum atomic E-state index is 0.307. The molecular formula is C20H25NOS. The fraction of sp³-hybridized carbons (Fsp3) is 0.400. The summed E-state index contributed by atoms with van der Waals surface area (Å²) in [6, 6.07) is 17.3. The average Bonchev–Trinajstić information content (AvgIpc) is 2.62. The van der Waals surface area contributed by atoms with Crippen LogP contribution in [-0.2, 0) is 0 Å². The highest BCUT2D eigenvalue weighted by Gasteiger charge is 2.25. The maximum Gasteiger partial charge on any atom is 0.119 e. The van der Waals surface area contributed by atoms with Gasteiger partial charge in [-0.25, -0.2) is 0 Å². The molecule has 0 spiro atoms. The molecule has 23 heavy (non-hydrogen) atoms. The molecule has 1 aliphatic rings. The number of thiol groups is 1. The lowest BCUT2D eigenvalue weighted by molar-refractivity contribution is 0.321. The molecule has 2 aromatic carbocycles. The van der Waals surface area contributed by atoms with Crippen LogP contribution in [0.5, 0.6) is 5.75 Å². The predicted molar refractivity (Wildman–Crippen MR) is 100 cm³/mol. The number of hydrogen-bond donors (Lipinski definition) is 2. The lowest BCUT2D eigenvalue weighted by Crippen LogP contribution is -2.27. The summed E-state index contributed by atoms with van der Waals surface area (Å²) in [5.41, 5.74) is 9.70. The highest BCUT2D eigenvalue weighted by molar-refractivity contribution is 7.80. The molecule has 2 N–H and O–H groups in total. The Morgan fingerprint density at radius 1 is 1.00 bits per heavy atom. The molecule has 0 aromatic heterocycles. The second kappa shape index (κ2) is 7.41. The van der Waals surface area contributed by atoms with Crippen molar-refractivity contribution < 1.29 is 4.74 Å². The number of ether oxygens (including phenoxy) is 1. The quantitative estimate of drug-likeness (QED) is 0.787. The van der Waals surface area contributed by atoms with Gasteiger partial charge in [-0.2, -0.15) is 12.6 Å². The summed E-state index contributed by atoms with van der Waals surface area (Å²) in [6.07, 6.45) is 4.63. The summed E-state index contributed by atoms with van der Waals surface area (Å²) in [6.45, 7) is 0.